The quantitative estimate of drug-likeness (QED) is 0.110. The molecular formula is C52H64N4O10. The Hall–Kier alpha value is -5.44. The Kier molecular flexibility index (Phi) is 11.2. The molecule has 2 N–H and O–H groups in total. The van der Waals surface area contributed by atoms with E-state index in [9.17, 15) is 19.5 Å². The van der Waals surface area contributed by atoms with Crippen LogP contribution >= 0.6 is 0 Å². The van der Waals surface area contributed by atoms with E-state index in [0.29, 0.717) is 62.4 Å². The summed E-state index contributed by atoms with van der Waals surface area (Å²) >= 11 is 0. The number of likely N-dealkylation sites (N-methyl/N-ethyl adjacent to an activating group) is 1. The summed E-state index contributed by atoms with van der Waals surface area (Å²) in [7, 11) is 6.14. The van der Waals surface area contributed by atoms with Crippen molar-refractivity contribution in [2.45, 2.75) is 114 Å². The minimum atomic E-state index is -2.32. The second kappa shape index (κ2) is 16.1. The molecular weight excluding hydrogens is 841 g/mol. The van der Waals surface area contributed by atoms with Crippen molar-refractivity contribution in [1.82, 2.24) is 14.8 Å². The second-order valence-electron chi connectivity index (χ2n) is 20.3. The van der Waals surface area contributed by atoms with Crippen LogP contribution in [0.5, 0.6) is 5.75 Å². The average molecular weight is 905 g/mol. The highest BCUT2D eigenvalue weighted by atomic mass is 16.6. The van der Waals surface area contributed by atoms with Crippen LogP contribution in [0.2, 0.25) is 0 Å². The first-order chi connectivity index (χ1) is 31.4. The van der Waals surface area contributed by atoms with Crippen molar-refractivity contribution in [3.63, 3.8) is 0 Å². The Morgan fingerprint density at radius 1 is 0.985 bits per heavy atom. The summed E-state index contributed by atoms with van der Waals surface area (Å²) in [6.45, 7) is 14.3. The smallest absolute Gasteiger partial charge is 0.344 e. The van der Waals surface area contributed by atoms with E-state index >= 15 is 4.79 Å². The van der Waals surface area contributed by atoms with Crippen molar-refractivity contribution in [3.8, 4) is 5.75 Å². The monoisotopic (exact) mass is 904 g/mol. The van der Waals surface area contributed by atoms with Crippen molar-refractivity contribution in [2.75, 3.05) is 59.5 Å². The van der Waals surface area contributed by atoms with E-state index in [0.717, 1.165) is 46.2 Å². The lowest BCUT2D eigenvalue weighted by atomic mass is 9.47. The average Bonchev–Trinajstić information content (AvgIpc) is 3.93. The standard InChI is InChI=1S/C52H64N4O10/c1-11-31-22-33-26-51(46(59)63-9,42-35(29-55(27-31)28-33)34-23-32(14-16-38(34)53-42)15-17-41(58)66-48(4,5)6)37-24-36-39(25-40(37)62-8)54(7)44-50(36)19-21-56-20-13-18-49(12-2,43(50)56)45(65-30(3)57)52(44,61)47(60)64-10/h13-18,22-25,33,43-45,53,61H,11-12,19-21,26-29H2,1-10H3/b17-15+/t33-,43+,44-,45-,49-,50-,51+,52+/m1/s1. The maximum absolute atomic E-state index is 15.5. The third kappa shape index (κ3) is 6.52. The van der Waals surface area contributed by atoms with Gasteiger partial charge in [0.25, 0.3) is 0 Å². The zero-order chi connectivity index (χ0) is 47.3. The molecule has 1 spiro atoms. The predicted octanol–water partition coefficient (Wildman–Crippen LogP) is 6.11. The summed E-state index contributed by atoms with van der Waals surface area (Å²) < 4.78 is 29.6. The van der Waals surface area contributed by atoms with Crippen LogP contribution in [0.1, 0.15) is 95.2 Å². The summed E-state index contributed by atoms with van der Waals surface area (Å²) in [6, 6.07) is 8.74. The number of aromatic nitrogens is 1. The zero-order valence-corrected chi connectivity index (χ0v) is 39.9. The van der Waals surface area contributed by atoms with Gasteiger partial charge in [0.1, 0.15) is 16.8 Å². The van der Waals surface area contributed by atoms with Crippen LogP contribution in [0.3, 0.4) is 0 Å². The van der Waals surface area contributed by atoms with E-state index < -0.39 is 63.5 Å². The van der Waals surface area contributed by atoms with Crippen molar-refractivity contribution in [2.24, 2.45) is 11.3 Å². The number of nitrogens with zero attached hydrogens (tertiary/aromatic N) is 3. The number of rotatable bonds is 9. The number of aliphatic hydroxyl groups is 1. The number of ether oxygens (including phenoxy) is 5. The highest BCUT2D eigenvalue weighted by Crippen LogP contribution is 2.68. The number of H-pyrrole nitrogens is 1. The normalized spacial score (nSPS) is 32.1. The first-order valence-corrected chi connectivity index (χ1v) is 23.3. The molecule has 66 heavy (non-hydrogen) atoms. The van der Waals surface area contributed by atoms with Crippen LogP contribution in [0.4, 0.5) is 5.69 Å². The van der Waals surface area contributed by atoms with Gasteiger partial charge in [-0.15, -0.1) is 0 Å². The lowest BCUT2D eigenvalue weighted by molar-refractivity contribution is -0.228. The molecule has 352 valence electrons. The molecule has 1 unspecified atom stereocenters. The van der Waals surface area contributed by atoms with Gasteiger partial charge in [-0.3, -0.25) is 19.4 Å². The molecule has 0 amide bonds. The number of methoxy groups -OCH3 is 3. The number of carbonyl (C=O) groups excluding carboxylic acids is 4. The van der Waals surface area contributed by atoms with Crippen molar-refractivity contribution < 1.29 is 48.0 Å². The zero-order valence-electron chi connectivity index (χ0n) is 39.9. The van der Waals surface area contributed by atoms with Crippen LogP contribution in [-0.2, 0) is 55.5 Å². The molecule has 14 nitrogen and oxygen atoms in total. The van der Waals surface area contributed by atoms with Crippen LogP contribution in [0.25, 0.3) is 17.0 Å². The molecule has 1 saturated heterocycles. The maximum Gasteiger partial charge on any atom is 0.344 e. The van der Waals surface area contributed by atoms with Gasteiger partial charge in [0.15, 0.2) is 6.10 Å². The van der Waals surface area contributed by atoms with E-state index in [2.05, 4.69) is 46.0 Å². The molecule has 1 aliphatic carbocycles. The Bertz CT molecular complexity index is 2610. The number of benzene rings is 2. The fourth-order valence-corrected chi connectivity index (χ4v) is 13.5. The van der Waals surface area contributed by atoms with Crippen molar-refractivity contribution >= 4 is 46.5 Å². The number of hydrogen-bond donors (Lipinski definition) is 2. The number of anilines is 1. The molecule has 1 aromatic heterocycles. The molecule has 6 aliphatic rings. The van der Waals surface area contributed by atoms with Crippen molar-refractivity contribution in [3.05, 3.63) is 88.2 Å². The van der Waals surface area contributed by atoms with E-state index in [1.165, 1.54) is 32.8 Å². The molecule has 2 bridgehead atoms. The van der Waals surface area contributed by atoms with Gasteiger partial charge in [0.05, 0.1) is 27.4 Å². The Balaban J connectivity index is 1.32. The second-order valence-corrected chi connectivity index (χ2v) is 20.3. The van der Waals surface area contributed by atoms with Gasteiger partial charge >= 0.3 is 23.9 Å². The highest BCUT2D eigenvalue weighted by Gasteiger charge is 2.80. The molecule has 9 rings (SSSR count). The molecule has 2 aromatic carbocycles. The number of hydrogen-bond acceptors (Lipinski definition) is 13. The van der Waals surface area contributed by atoms with Crippen LogP contribution in [0.15, 0.2) is 60.2 Å². The van der Waals surface area contributed by atoms with Crippen LogP contribution in [-0.4, -0.2) is 128 Å². The molecule has 5 aliphatic heterocycles. The third-order valence-corrected chi connectivity index (χ3v) is 15.7. The Labute approximate surface area is 386 Å². The summed E-state index contributed by atoms with van der Waals surface area (Å²) in [6.07, 6.45) is 10.6. The minimum absolute atomic E-state index is 0.0481. The maximum atomic E-state index is 15.5. The molecule has 3 aromatic rings. The summed E-state index contributed by atoms with van der Waals surface area (Å²) in [5.41, 5.74) is 0.396. The van der Waals surface area contributed by atoms with E-state index in [-0.39, 0.29) is 12.0 Å². The van der Waals surface area contributed by atoms with Crippen LogP contribution < -0.4 is 9.64 Å². The van der Waals surface area contributed by atoms with Gasteiger partial charge < -0.3 is 38.7 Å². The summed E-state index contributed by atoms with van der Waals surface area (Å²) in [5, 5.41) is 14.3. The molecule has 9 atom stereocenters. The summed E-state index contributed by atoms with van der Waals surface area (Å²) in [5.74, 6) is -2.00. The molecule has 0 radical (unpaired) electrons. The van der Waals surface area contributed by atoms with Gasteiger partial charge in [-0.25, -0.2) is 9.59 Å². The van der Waals surface area contributed by atoms with Gasteiger partial charge in [0.2, 0.25) is 5.60 Å². The predicted molar refractivity (Wildman–Crippen MR) is 249 cm³/mol. The Morgan fingerprint density at radius 2 is 1.74 bits per heavy atom. The fraction of sp³-hybridized carbons (Fsp3) is 0.538. The Morgan fingerprint density at radius 3 is 2.41 bits per heavy atom. The first-order valence-electron chi connectivity index (χ1n) is 23.3. The number of nitrogens with one attached hydrogen (secondary N) is 1. The number of esters is 4. The van der Waals surface area contributed by atoms with Gasteiger partial charge in [0, 0.05) is 97.0 Å². The topological polar surface area (TPSA) is 160 Å². The molecule has 2 fully saturated rings. The van der Waals surface area contributed by atoms with Crippen LogP contribution in [0, 0.1) is 11.3 Å². The van der Waals surface area contributed by atoms with Gasteiger partial charge in [-0.05, 0) is 99.9 Å². The summed E-state index contributed by atoms with van der Waals surface area (Å²) in [4.78, 5) is 66.4. The lowest BCUT2D eigenvalue weighted by Crippen LogP contribution is -2.81. The highest BCUT2D eigenvalue weighted by molar-refractivity contribution is 5.96. The SMILES string of the molecule is CCC1=C[C@H]2CN(C1)Cc1c([nH]c3ccc(/C=C/C(=O)OC(C)(C)C)cc13)[C@@](C(=O)OC)(c1cc3c(cc1OC)N(C)[C@H]1[C@@](O)(C(=O)OC)[C@H](OC(C)=O)[C@]4(CC)C=CCN5CC[C@]31[C@@H]54)C2. The number of aromatic amines is 1. The molecule has 14 heteroatoms. The third-order valence-electron chi connectivity index (χ3n) is 15.7. The molecule has 6 heterocycles. The van der Waals surface area contributed by atoms with E-state index in [1.54, 1.807) is 13.2 Å². The largest absolute Gasteiger partial charge is 0.496 e. The number of carbonyl (C=O) groups is 4. The molecule has 1 saturated carbocycles. The van der Waals surface area contributed by atoms with Crippen molar-refractivity contribution in [1.29, 1.82) is 0 Å². The fourth-order valence-electron chi connectivity index (χ4n) is 13.5. The lowest BCUT2D eigenvalue weighted by Gasteiger charge is -2.63. The van der Waals surface area contributed by atoms with E-state index in [1.807, 2.05) is 63.9 Å². The van der Waals surface area contributed by atoms with E-state index in [4.69, 9.17) is 23.7 Å². The minimum Gasteiger partial charge on any atom is -0.496 e. The number of fused-ring (bicyclic) bond motifs is 6. The first kappa shape index (κ1) is 45.7. The van der Waals surface area contributed by atoms with Gasteiger partial charge in [-0.2, -0.15) is 0 Å². The van der Waals surface area contributed by atoms with Gasteiger partial charge in [-0.1, -0.05) is 43.7 Å².